The largest absolute Gasteiger partial charge is 0.352 e. The maximum absolute atomic E-state index is 13.0. The molecule has 1 aliphatic rings. The third kappa shape index (κ3) is 3.45. The van der Waals surface area contributed by atoms with E-state index in [0.717, 1.165) is 11.1 Å². The van der Waals surface area contributed by atoms with Crippen molar-refractivity contribution in [3.8, 4) is 0 Å². The molecule has 3 rings (SSSR count). The lowest BCUT2D eigenvalue weighted by molar-refractivity contribution is -0.126. The minimum Gasteiger partial charge on any atom is -0.352 e. The van der Waals surface area contributed by atoms with Crippen molar-refractivity contribution in [2.75, 3.05) is 11.4 Å². The van der Waals surface area contributed by atoms with Crippen LogP contribution in [0.3, 0.4) is 0 Å². The molecule has 0 bridgehead atoms. The van der Waals surface area contributed by atoms with Gasteiger partial charge in [-0.05, 0) is 42.3 Å². The Morgan fingerprint density at radius 3 is 2.62 bits per heavy atom. The third-order valence-corrected chi connectivity index (χ3v) is 4.35. The van der Waals surface area contributed by atoms with Crippen LogP contribution in [0.25, 0.3) is 0 Å². The highest BCUT2D eigenvalue weighted by Gasteiger charge is 2.34. The van der Waals surface area contributed by atoms with E-state index in [1.165, 1.54) is 17.0 Å². The summed E-state index contributed by atoms with van der Waals surface area (Å²) in [4.78, 5) is 26.1. The smallest absolute Gasteiger partial charge is 0.227 e. The molecule has 0 aliphatic carbocycles. The van der Waals surface area contributed by atoms with Crippen LogP contribution in [-0.4, -0.2) is 18.4 Å². The summed E-state index contributed by atoms with van der Waals surface area (Å²) in [6, 6.07) is 13.6. The number of aryl methyl sites for hydroxylation is 1. The van der Waals surface area contributed by atoms with E-state index < -0.39 is 0 Å². The van der Waals surface area contributed by atoms with Gasteiger partial charge in [0.05, 0.1) is 5.92 Å². The summed E-state index contributed by atoms with van der Waals surface area (Å²) in [6.45, 7) is 2.77. The van der Waals surface area contributed by atoms with Crippen LogP contribution in [0.2, 0.25) is 0 Å². The standard InChI is InChI=1S/C19H19FN2O2/c1-13-4-2-3-5-14(13)11-21-19(24)15-10-18(23)22(12-15)17-8-6-16(20)7-9-17/h2-9,15H,10-12H2,1H3,(H,21,24)/t15-/m1/s1. The zero-order valence-electron chi connectivity index (χ0n) is 13.5. The van der Waals surface area contributed by atoms with Gasteiger partial charge in [-0.1, -0.05) is 24.3 Å². The summed E-state index contributed by atoms with van der Waals surface area (Å²) < 4.78 is 13.0. The summed E-state index contributed by atoms with van der Waals surface area (Å²) in [5.41, 5.74) is 2.80. The van der Waals surface area contributed by atoms with E-state index in [1.807, 2.05) is 31.2 Å². The molecule has 2 aromatic carbocycles. The zero-order chi connectivity index (χ0) is 17.1. The first-order valence-electron chi connectivity index (χ1n) is 7.93. The molecule has 1 heterocycles. The van der Waals surface area contributed by atoms with E-state index in [1.54, 1.807) is 12.1 Å². The first kappa shape index (κ1) is 16.2. The molecule has 0 spiro atoms. The maximum Gasteiger partial charge on any atom is 0.227 e. The lowest BCUT2D eigenvalue weighted by Crippen LogP contribution is -2.32. The van der Waals surface area contributed by atoms with Crippen molar-refractivity contribution in [3.05, 3.63) is 65.5 Å². The molecule has 0 aromatic heterocycles. The first-order valence-corrected chi connectivity index (χ1v) is 7.93. The molecule has 1 aliphatic heterocycles. The Morgan fingerprint density at radius 2 is 1.92 bits per heavy atom. The van der Waals surface area contributed by atoms with Gasteiger partial charge in [-0.25, -0.2) is 4.39 Å². The van der Waals surface area contributed by atoms with Crippen molar-refractivity contribution >= 4 is 17.5 Å². The summed E-state index contributed by atoms with van der Waals surface area (Å²) in [7, 11) is 0. The predicted octanol–water partition coefficient (Wildman–Crippen LogP) is 2.80. The molecular formula is C19H19FN2O2. The maximum atomic E-state index is 13.0. The summed E-state index contributed by atoms with van der Waals surface area (Å²) in [5, 5.41) is 2.91. The Kier molecular flexibility index (Phi) is 4.60. The molecule has 1 atom stereocenters. The molecule has 2 amide bonds. The molecule has 1 N–H and O–H groups in total. The van der Waals surface area contributed by atoms with Crippen molar-refractivity contribution in [1.29, 1.82) is 0 Å². The number of hydrogen-bond donors (Lipinski definition) is 1. The van der Waals surface area contributed by atoms with Gasteiger partial charge in [0, 0.05) is 25.2 Å². The highest BCUT2D eigenvalue weighted by atomic mass is 19.1. The molecule has 24 heavy (non-hydrogen) atoms. The molecule has 5 heteroatoms. The molecule has 4 nitrogen and oxygen atoms in total. The van der Waals surface area contributed by atoms with Gasteiger partial charge in [-0.2, -0.15) is 0 Å². The third-order valence-electron chi connectivity index (χ3n) is 4.35. The summed E-state index contributed by atoms with van der Waals surface area (Å²) in [6.07, 6.45) is 0.178. The number of anilines is 1. The Hall–Kier alpha value is -2.69. The average Bonchev–Trinajstić information content (AvgIpc) is 2.96. The van der Waals surface area contributed by atoms with E-state index in [2.05, 4.69) is 5.32 Å². The van der Waals surface area contributed by atoms with Crippen LogP contribution in [0, 0.1) is 18.7 Å². The van der Waals surface area contributed by atoms with Gasteiger partial charge in [-0.15, -0.1) is 0 Å². The van der Waals surface area contributed by atoms with E-state index in [4.69, 9.17) is 0 Å². The number of hydrogen-bond acceptors (Lipinski definition) is 2. The van der Waals surface area contributed by atoms with Gasteiger partial charge in [0.15, 0.2) is 0 Å². The van der Waals surface area contributed by atoms with Crippen molar-refractivity contribution in [2.24, 2.45) is 5.92 Å². The monoisotopic (exact) mass is 326 g/mol. The fourth-order valence-electron chi connectivity index (χ4n) is 2.89. The minimum absolute atomic E-state index is 0.113. The molecule has 0 radical (unpaired) electrons. The van der Waals surface area contributed by atoms with E-state index >= 15 is 0 Å². The lowest BCUT2D eigenvalue weighted by atomic mass is 10.1. The fourth-order valence-corrected chi connectivity index (χ4v) is 2.89. The molecule has 1 saturated heterocycles. The van der Waals surface area contributed by atoms with Gasteiger partial charge >= 0.3 is 0 Å². The normalized spacial score (nSPS) is 17.2. The number of carbonyl (C=O) groups excluding carboxylic acids is 2. The van der Waals surface area contributed by atoms with Crippen molar-refractivity contribution in [3.63, 3.8) is 0 Å². The van der Waals surface area contributed by atoms with Gasteiger partial charge in [0.25, 0.3) is 0 Å². The molecule has 1 fully saturated rings. The molecule has 124 valence electrons. The Labute approximate surface area is 140 Å². The second-order valence-corrected chi connectivity index (χ2v) is 6.03. The first-order chi connectivity index (χ1) is 11.5. The Bertz CT molecular complexity index is 758. The van der Waals surface area contributed by atoms with Crippen molar-refractivity contribution < 1.29 is 14.0 Å². The van der Waals surface area contributed by atoms with Crippen LogP contribution in [-0.2, 0) is 16.1 Å². The van der Waals surface area contributed by atoms with Crippen LogP contribution in [0.1, 0.15) is 17.5 Å². The van der Waals surface area contributed by atoms with Gasteiger partial charge in [0.1, 0.15) is 5.82 Å². The quantitative estimate of drug-likeness (QED) is 0.939. The highest BCUT2D eigenvalue weighted by Crippen LogP contribution is 2.25. The number of nitrogens with zero attached hydrogens (tertiary/aromatic N) is 1. The number of amides is 2. The number of nitrogens with one attached hydrogen (secondary N) is 1. The van der Waals surface area contributed by atoms with E-state index in [-0.39, 0.29) is 30.0 Å². The number of halogens is 1. The van der Waals surface area contributed by atoms with Crippen LogP contribution in [0.5, 0.6) is 0 Å². The van der Waals surface area contributed by atoms with Crippen LogP contribution < -0.4 is 10.2 Å². The Balaban J connectivity index is 1.62. The van der Waals surface area contributed by atoms with E-state index in [0.29, 0.717) is 18.8 Å². The fraction of sp³-hybridized carbons (Fsp3) is 0.263. The van der Waals surface area contributed by atoms with Crippen LogP contribution in [0.4, 0.5) is 10.1 Å². The summed E-state index contributed by atoms with van der Waals surface area (Å²) >= 11 is 0. The second kappa shape index (κ2) is 6.83. The van der Waals surface area contributed by atoms with E-state index in [9.17, 15) is 14.0 Å². The Morgan fingerprint density at radius 1 is 1.21 bits per heavy atom. The number of benzene rings is 2. The predicted molar refractivity (Wildman–Crippen MR) is 89.9 cm³/mol. The lowest BCUT2D eigenvalue weighted by Gasteiger charge is -2.16. The SMILES string of the molecule is Cc1ccccc1CNC(=O)[C@@H]1CC(=O)N(c2ccc(F)cc2)C1. The molecule has 0 unspecified atom stereocenters. The van der Waals surface area contributed by atoms with Crippen LogP contribution in [0.15, 0.2) is 48.5 Å². The summed E-state index contributed by atoms with van der Waals surface area (Å²) in [5.74, 6) is -0.974. The highest BCUT2D eigenvalue weighted by molar-refractivity contribution is 6.00. The molecule has 2 aromatic rings. The second-order valence-electron chi connectivity index (χ2n) is 6.03. The van der Waals surface area contributed by atoms with Crippen molar-refractivity contribution in [1.82, 2.24) is 5.32 Å². The van der Waals surface area contributed by atoms with Gasteiger partial charge in [-0.3, -0.25) is 9.59 Å². The average molecular weight is 326 g/mol. The van der Waals surface area contributed by atoms with Gasteiger partial charge < -0.3 is 10.2 Å². The zero-order valence-corrected chi connectivity index (χ0v) is 13.5. The van der Waals surface area contributed by atoms with Gasteiger partial charge in [0.2, 0.25) is 11.8 Å². The molecular weight excluding hydrogens is 307 g/mol. The van der Waals surface area contributed by atoms with Crippen LogP contribution >= 0.6 is 0 Å². The molecule has 0 saturated carbocycles. The van der Waals surface area contributed by atoms with Crippen molar-refractivity contribution in [2.45, 2.75) is 19.9 Å². The topological polar surface area (TPSA) is 49.4 Å². The number of rotatable bonds is 4. The minimum atomic E-state index is -0.383. The number of carbonyl (C=O) groups is 2.